The van der Waals surface area contributed by atoms with Crippen molar-refractivity contribution >= 4 is 34.1 Å². The number of H-pyrrole nitrogens is 1. The van der Waals surface area contributed by atoms with Gasteiger partial charge in [-0.25, -0.2) is 9.97 Å². The van der Waals surface area contributed by atoms with Gasteiger partial charge in [-0.2, -0.15) is 0 Å². The number of imidazole rings is 1. The van der Waals surface area contributed by atoms with E-state index in [0.717, 1.165) is 80.5 Å². The lowest BCUT2D eigenvalue weighted by atomic mass is 10.1. The largest absolute Gasteiger partial charge is 0.395 e. The van der Waals surface area contributed by atoms with Crippen molar-refractivity contribution in [2.45, 2.75) is 12.5 Å². The molecule has 0 bridgehead atoms. The van der Waals surface area contributed by atoms with Crippen LogP contribution < -0.4 is 10.2 Å². The molecule has 5 rings (SSSR count). The van der Waals surface area contributed by atoms with Gasteiger partial charge in [-0.3, -0.25) is 4.90 Å². The first-order chi connectivity index (χ1) is 15.6. The molecular formula is C23H30ClN7O. The lowest BCUT2D eigenvalue weighted by Gasteiger charge is -2.35. The Kier molecular flexibility index (Phi) is 6.19. The minimum Gasteiger partial charge on any atom is -0.395 e. The van der Waals surface area contributed by atoms with Crippen molar-refractivity contribution in [3.8, 4) is 11.4 Å². The van der Waals surface area contributed by atoms with Crippen LogP contribution >= 0.6 is 11.6 Å². The number of piperazine rings is 1. The Morgan fingerprint density at radius 3 is 2.62 bits per heavy atom. The molecule has 8 nitrogen and oxygen atoms in total. The number of aliphatic hydroxyl groups is 1. The second kappa shape index (κ2) is 9.23. The zero-order chi connectivity index (χ0) is 22.1. The first kappa shape index (κ1) is 21.5. The van der Waals surface area contributed by atoms with Gasteiger partial charge in [-0.1, -0.05) is 11.6 Å². The highest BCUT2D eigenvalue weighted by molar-refractivity contribution is 6.34. The van der Waals surface area contributed by atoms with E-state index in [4.69, 9.17) is 21.7 Å². The van der Waals surface area contributed by atoms with Crippen LogP contribution in [0.1, 0.15) is 6.42 Å². The molecule has 2 aliphatic heterocycles. The monoisotopic (exact) mass is 455 g/mol. The Morgan fingerprint density at radius 1 is 1.16 bits per heavy atom. The molecule has 1 aromatic carbocycles. The first-order valence-corrected chi connectivity index (χ1v) is 11.7. The molecule has 2 aromatic heterocycles. The molecule has 170 valence electrons. The molecule has 3 N–H and O–H groups in total. The van der Waals surface area contributed by atoms with E-state index in [0.29, 0.717) is 11.1 Å². The molecule has 0 aliphatic carbocycles. The molecule has 9 heteroatoms. The Hall–Kier alpha value is -2.39. The summed E-state index contributed by atoms with van der Waals surface area (Å²) in [5.74, 6) is 0.792. The van der Waals surface area contributed by atoms with E-state index < -0.39 is 0 Å². The summed E-state index contributed by atoms with van der Waals surface area (Å²) in [5.41, 5.74) is 4.61. The van der Waals surface area contributed by atoms with Gasteiger partial charge in [0.25, 0.3) is 0 Å². The molecule has 2 saturated heterocycles. The summed E-state index contributed by atoms with van der Waals surface area (Å²) in [6, 6.07) is 8.87. The van der Waals surface area contributed by atoms with Gasteiger partial charge in [0.05, 0.1) is 23.5 Å². The summed E-state index contributed by atoms with van der Waals surface area (Å²) >= 11 is 6.49. The fourth-order valence-electron chi connectivity index (χ4n) is 4.66. The summed E-state index contributed by atoms with van der Waals surface area (Å²) in [6.45, 7) is 6.95. The zero-order valence-corrected chi connectivity index (χ0v) is 19.1. The minimum absolute atomic E-state index is 0.223. The normalized spacial score (nSPS) is 20.3. The highest BCUT2D eigenvalue weighted by Gasteiger charge is 2.22. The van der Waals surface area contributed by atoms with Gasteiger partial charge < -0.3 is 25.2 Å². The number of hydrogen-bond donors (Lipinski definition) is 3. The molecule has 2 fully saturated rings. The fraction of sp³-hybridized carbons (Fsp3) is 0.478. The Balaban J connectivity index is 1.34. The second-order valence-electron chi connectivity index (χ2n) is 8.76. The number of fused-ring (bicyclic) bond motifs is 1. The molecule has 0 radical (unpaired) electrons. The number of likely N-dealkylation sites (N-methyl/N-ethyl adjacent to an activating group) is 1. The maximum Gasteiger partial charge on any atom is 0.159 e. The van der Waals surface area contributed by atoms with Crippen LogP contribution in [0.5, 0.6) is 0 Å². The first-order valence-electron chi connectivity index (χ1n) is 11.3. The number of aromatic nitrogens is 3. The van der Waals surface area contributed by atoms with Gasteiger partial charge in [0, 0.05) is 56.6 Å². The van der Waals surface area contributed by atoms with E-state index in [-0.39, 0.29) is 6.61 Å². The predicted octanol–water partition coefficient (Wildman–Crippen LogP) is 2.51. The van der Waals surface area contributed by atoms with Gasteiger partial charge in [-0.15, -0.1) is 0 Å². The molecule has 4 heterocycles. The number of benzene rings is 1. The van der Waals surface area contributed by atoms with Crippen LogP contribution in [0.15, 0.2) is 30.5 Å². The van der Waals surface area contributed by atoms with Crippen LogP contribution in [-0.2, 0) is 0 Å². The van der Waals surface area contributed by atoms with Crippen LogP contribution in [0.25, 0.3) is 22.6 Å². The average Bonchev–Trinajstić information content (AvgIpc) is 3.43. The highest BCUT2D eigenvalue weighted by Crippen LogP contribution is 2.32. The Morgan fingerprint density at radius 2 is 1.94 bits per heavy atom. The third-order valence-electron chi connectivity index (χ3n) is 6.50. The highest BCUT2D eigenvalue weighted by atomic mass is 35.5. The average molecular weight is 456 g/mol. The third-order valence-corrected chi connectivity index (χ3v) is 6.79. The molecule has 1 atom stereocenters. The minimum atomic E-state index is 0.223. The SMILES string of the molecule is CN1CC[C@H](Nc2c(Cl)cnc3[nH]c(-c4ccc(N5CCN(CCO)CC5)cc4)nc23)C1. The number of aromatic amines is 1. The molecule has 0 spiro atoms. The molecule has 32 heavy (non-hydrogen) atoms. The number of anilines is 2. The lowest BCUT2D eigenvalue weighted by molar-refractivity contribution is 0.189. The molecule has 2 aliphatic rings. The lowest BCUT2D eigenvalue weighted by Crippen LogP contribution is -2.47. The van der Waals surface area contributed by atoms with Crippen molar-refractivity contribution < 1.29 is 5.11 Å². The number of nitrogens with one attached hydrogen (secondary N) is 2. The van der Waals surface area contributed by atoms with E-state index >= 15 is 0 Å². The van der Waals surface area contributed by atoms with Crippen LogP contribution in [0, 0.1) is 0 Å². The second-order valence-corrected chi connectivity index (χ2v) is 9.16. The quantitative estimate of drug-likeness (QED) is 0.526. The molecule has 0 saturated carbocycles. The van der Waals surface area contributed by atoms with Gasteiger partial charge >= 0.3 is 0 Å². The van der Waals surface area contributed by atoms with Crippen LogP contribution in [0.3, 0.4) is 0 Å². The fourth-order valence-corrected chi connectivity index (χ4v) is 4.86. The summed E-state index contributed by atoms with van der Waals surface area (Å²) in [7, 11) is 2.14. The number of rotatable bonds is 6. The maximum absolute atomic E-state index is 9.12. The van der Waals surface area contributed by atoms with E-state index in [1.54, 1.807) is 6.20 Å². The summed E-state index contributed by atoms with van der Waals surface area (Å²) in [5, 5.41) is 13.3. The van der Waals surface area contributed by atoms with E-state index in [1.165, 1.54) is 5.69 Å². The number of pyridine rings is 1. The van der Waals surface area contributed by atoms with Crippen LogP contribution in [-0.4, -0.2) is 95.4 Å². The summed E-state index contributed by atoms with van der Waals surface area (Å²) < 4.78 is 0. The Labute approximate surface area is 193 Å². The van der Waals surface area contributed by atoms with Gasteiger partial charge in [0.2, 0.25) is 0 Å². The molecule has 0 amide bonds. The van der Waals surface area contributed by atoms with E-state index in [9.17, 15) is 0 Å². The maximum atomic E-state index is 9.12. The Bertz CT molecular complexity index is 1060. The molecular weight excluding hydrogens is 426 g/mol. The topological polar surface area (TPSA) is 83.6 Å². The number of nitrogens with zero attached hydrogens (tertiary/aromatic N) is 5. The van der Waals surface area contributed by atoms with Crippen molar-refractivity contribution in [3.63, 3.8) is 0 Å². The van der Waals surface area contributed by atoms with Crippen molar-refractivity contribution in [1.29, 1.82) is 0 Å². The number of aliphatic hydroxyl groups excluding tert-OH is 1. The number of β-amino-alcohol motifs (C(OH)–C–C–N with tert-alkyl or cyclic N) is 1. The van der Waals surface area contributed by atoms with Crippen LogP contribution in [0.4, 0.5) is 11.4 Å². The summed E-state index contributed by atoms with van der Waals surface area (Å²) in [6.07, 6.45) is 2.77. The van der Waals surface area contributed by atoms with Crippen molar-refractivity contribution in [2.24, 2.45) is 0 Å². The van der Waals surface area contributed by atoms with Crippen molar-refractivity contribution in [3.05, 3.63) is 35.5 Å². The molecule has 3 aromatic rings. The molecule has 0 unspecified atom stereocenters. The van der Waals surface area contributed by atoms with Crippen molar-refractivity contribution in [1.82, 2.24) is 24.8 Å². The zero-order valence-electron chi connectivity index (χ0n) is 18.4. The van der Waals surface area contributed by atoms with Crippen LogP contribution in [0.2, 0.25) is 5.02 Å². The van der Waals surface area contributed by atoms with E-state index in [1.807, 2.05) is 0 Å². The van der Waals surface area contributed by atoms with Crippen molar-refractivity contribution in [2.75, 3.05) is 69.7 Å². The standard InChI is InChI=1S/C23H30ClN7O/c1-29-7-6-17(15-29)26-20-19(24)14-25-23-21(20)27-22(28-23)16-2-4-18(5-3-16)31-10-8-30(9-11-31)12-13-32/h2-5,14,17,32H,6-13,15H2,1H3,(H2,25,26,27,28)/t17-/m0/s1. The summed E-state index contributed by atoms with van der Waals surface area (Å²) in [4.78, 5) is 19.7. The number of likely N-dealkylation sites (tertiary alicyclic amines) is 1. The predicted molar refractivity (Wildman–Crippen MR) is 130 cm³/mol. The third kappa shape index (κ3) is 4.41. The van der Waals surface area contributed by atoms with Gasteiger partial charge in [0.15, 0.2) is 5.65 Å². The number of halogens is 1. The number of hydrogen-bond acceptors (Lipinski definition) is 7. The van der Waals surface area contributed by atoms with Gasteiger partial charge in [0.1, 0.15) is 11.3 Å². The smallest absolute Gasteiger partial charge is 0.159 e. The van der Waals surface area contributed by atoms with Gasteiger partial charge in [-0.05, 0) is 44.3 Å². The van der Waals surface area contributed by atoms with E-state index in [2.05, 4.69) is 61.3 Å².